The van der Waals surface area contributed by atoms with E-state index in [1.54, 1.807) is 34.5 Å². The SMILES string of the molecule is CNC(=O)c1c(-c2ccc(F)cc2)oc2cc(N(C)S)c([C@@H]3CCCN(C(=O)c4nc5ccc(F)cc5s4)C3)cc12. The Labute approximate surface area is 244 Å². The lowest BCUT2D eigenvalue weighted by molar-refractivity contribution is 0.0707. The summed E-state index contributed by atoms with van der Waals surface area (Å²) in [6, 6.07) is 13.9. The number of piperidine rings is 1. The van der Waals surface area contributed by atoms with Gasteiger partial charge < -0.3 is 18.9 Å². The average molecular weight is 593 g/mol. The third-order valence-electron chi connectivity index (χ3n) is 7.43. The molecule has 5 aromatic rings. The number of furan rings is 1. The highest BCUT2D eigenvalue weighted by Crippen LogP contribution is 2.42. The molecule has 0 unspecified atom stereocenters. The number of nitrogens with zero attached hydrogens (tertiary/aromatic N) is 3. The molecule has 0 spiro atoms. The lowest BCUT2D eigenvalue weighted by Gasteiger charge is -2.34. The number of rotatable bonds is 5. The first-order valence-corrected chi connectivity index (χ1v) is 14.3. The number of fused-ring (bicyclic) bond motifs is 2. The Bertz CT molecular complexity index is 1800. The number of aromatic nitrogens is 1. The summed E-state index contributed by atoms with van der Waals surface area (Å²) in [6.07, 6.45) is 1.60. The molecule has 210 valence electrons. The largest absolute Gasteiger partial charge is 0.455 e. The van der Waals surface area contributed by atoms with Crippen molar-refractivity contribution >= 4 is 62.8 Å². The van der Waals surface area contributed by atoms with E-state index in [-0.39, 0.29) is 29.4 Å². The van der Waals surface area contributed by atoms with Crippen LogP contribution in [-0.4, -0.2) is 48.9 Å². The van der Waals surface area contributed by atoms with Gasteiger partial charge in [0.25, 0.3) is 11.8 Å². The fraction of sp³-hybridized carbons (Fsp3) is 0.233. The summed E-state index contributed by atoms with van der Waals surface area (Å²) in [4.78, 5) is 32.8. The summed E-state index contributed by atoms with van der Waals surface area (Å²) in [5.74, 6) is -0.968. The van der Waals surface area contributed by atoms with Crippen molar-refractivity contribution in [2.45, 2.75) is 18.8 Å². The van der Waals surface area contributed by atoms with Gasteiger partial charge >= 0.3 is 0 Å². The molecular formula is C30H26F2N4O3S2. The van der Waals surface area contributed by atoms with Crippen LogP contribution in [0.5, 0.6) is 0 Å². The number of thiazole rings is 1. The van der Waals surface area contributed by atoms with Crippen LogP contribution >= 0.6 is 24.2 Å². The number of benzene rings is 3. The maximum atomic E-state index is 13.7. The molecule has 6 rings (SSSR count). The van der Waals surface area contributed by atoms with Gasteiger partial charge in [0.1, 0.15) is 23.0 Å². The van der Waals surface area contributed by atoms with Gasteiger partial charge in [0, 0.05) is 50.1 Å². The van der Waals surface area contributed by atoms with E-state index in [0.717, 1.165) is 24.1 Å². The molecule has 1 atom stereocenters. The van der Waals surface area contributed by atoms with Crippen LogP contribution in [0.1, 0.15) is 44.5 Å². The van der Waals surface area contributed by atoms with Crippen LogP contribution in [0.2, 0.25) is 0 Å². The van der Waals surface area contributed by atoms with E-state index < -0.39 is 0 Å². The van der Waals surface area contributed by atoms with E-state index in [1.165, 1.54) is 35.6 Å². The lowest BCUT2D eigenvalue weighted by Crippen LogP contribution is -2.39. The Morgan fingerprint density at radius 3 is 2.61 bits per heavy atom. The molecule has 11 heteroatoms. The van der Waals surface area contributed by atoms with Crippen LogP contribution in [0, 0.1) is 11.6 Å². The van der Waals surface area contributed by atoms with Crippen molar-refractivity contribution in [3.63, 3.8) is 0 Å². The van der Waals surface area contributed by atoms with Gasteiger partial charge in [-0.25, -0.2) is 13.8 Å². The molecule has 1 aliphatic heterocycles. The predicted molar refractivity (Wildman–Crippen MR) is 160 cm³/mol. The number of thiol groups is 1. The van der Waals surface area contributed by atoms with Gasteiger partial charge in [-0.2, -0.15) is 0 Å². The molecule has 0 radical (unpaired) electrons. The van der Waals surface area contributed by atoms with Crippen LogP contribution in [0.4, 0.5) is 14.5 Å². The minimum atomic E-state index is -0.387. The number of hydrogen-bond acceptors (Lipinski definition) is 7. The third kappa shape index (κ3) is 5.04. The maximum absolute atomic E-state index is 13.7. The number of hydrogen-bond donors (Lipinski definition) is 2. The molecule has 0 bridgehead atoms. The van der Waals surface area contributed by atoms with Gasteiger partial charge in [-0.15, -0.1) is 11.3 Å². The van der Waals surface area contributed by atoms with E-state index in [1.807, 2.05) is 19.2 Å². The minimum absolute atomic E-state index is 0.0461. The van der Waals surface area contributed by atoms with Crippen molar-refractivity contribution in [2.24, 2.45) is 0 Å². The number of nitrogens with one attached hydrogen (secondary N) is 1. The number of anilines is 1. The van der Waals surface area contributed by atoms with Gasteiger partial charge in [0.2, 0.25) is 0 Å². The van der Waals surface area contributed by atoms with E-state index in [0.29, 0.717) is 56.2 Å². The Balaban J connectivity index is 1.40. The highest BCUT2D eigenvalue weighted by molar-refractivity contribution is 7.81. The first-order chi connectivity index (χ1) is 19.7. The molecule has 1 fully saturated rings. The van der Waals surface area contributed by atoms with Crippen molar-refractivity contribution in [1.82, 2.24) is 15.2 Å². The summed E-state index contributed by atoms with van der Waals surface area (Å²) in [5, 5.41) is 3.64. The summed E-state index contributed by atoms with van der Waals surface area (Å²) in [5.41, 5.74) is 3.74. The maximum Gasteiger partial charge on any atom is 0.282 e. The van der Waals surface area contributed by atoms with E-state index >= 15 is 0 Å². The number of likely N-dealkylation sites (tertiary alicyclic amines) is 1. The smallest absolute Gasteiger partial charge is 0.282 e. The van der Waals surface area contributed by atoms with Gasteiger partial charge in [-0.1, -0.05) is 12.8 Å². The highest BCUT2D eigenvalue weighted by Gasteiger charge is 2.31. The number of carbonyl (C=O) groups excluding carboxylic acids is 2. The van der Waals surface area contributed by atoms with Crippen molar-refractivity contribution in [3.05, 3.63) is 82.4 Å². The highest BCUT2D eigenvalue weighted by atomic mass is 32.1. The molecule has 1 aliphatic rings. The molecule has 1 N–H and O–H groups in total. The van der Waals surface area contributed by atoms with Crippen LogP contribution in [0.15, 0.2) is 59.0 Å². The average Bonchev–Trinajstić information content (AvgIpc) is 3.57. The minimum Gasteiger partial charge on any atom is -0.455 e. The number of amides is 2. The first kappa shape index (κ1) is 27.2. The fourth-order valence-electron chi connectivity index (χ4n) is 5.45. The Morgan fingerprint density at radius 2 is 1.88 bits per heavy atom. The topological polar surface area (TPSA) is 78.7 Å². The Kier molecular flexibility index (Phi) is 7.16. The van der Waals surface area contributed by atoms with Gasteiger partial charge in [-0.05, 0) is 66.9 Å². The lowest BCUT2D eigenvalue weighted by atomic mass is 9.88. The summed E-state index contributed by atoms with van der Waals surface area (Å²) in [6.45, 7) is 1.03. The molecule has 3 heterocycles. The van der Waals surface area contributed by atoms with Gasteiger partial charge in [0.05, 0.1) is 21.5 Å². The monoisotopic (exact) mass is 592 g/mol. The molecule has 7 nitrogen and oxygen atoms in total. The van der Waals surface area contributed by atoms with Gasteiger partial charge in [-0.3, -0.25) is 9.59 Å². The zero-order valence-corrected chi connectivity index (χ0v) is 24.0. The molecule has 0 saturated carbocycles. The standard InChI is InChI=1S/C30H26F2N4O3S2/c1-33-28(37)26-21-13-20(23(35(2)40)14-24(21)39-27(26)16-5-7-18(31)8-6-16)17-4-3-11-36(15-17)30(38)29-34-22-10-9-19(32)12-25(22)41-29/h5-10,12-14,17,40H,3-4,11,15H2,1-2H3,(H,33,37)/t17-/m1/s1. The van der Waals surface area contributed by atoms with Crippen LogP contribution in [0.25, 0.3) is 32.5 Å². The van der Waals surface area contributed by atoms with E-state index in [2.05, 4.69) is 23.1 Å². The number of halogens is 2. The molecule has 3 aromatic carbocycles. The van der Waals surface area contributed by atoms with Crippen molar-refractivity contribution in [1.29, 1.82) is 0 Å². The van der Waals surface area contributed by atoms with Crippen molar-refractivity contribution in [3.8, 4) is 11.3 Å². The first-order valence-electron chi connectivity index (χ1n) is 13.1. The summed E-state index contributed by atoms with van der Waals surface area (Å²) >= 11 is 5.77. The predicted octanol–water partition coefficient (Wildman–Crippen LogP) is 6.65. The quantitative estimate of drug-likeness (QED) is 0.224. The Hall–Kier alpha value is -3.96. The molecule has 2 amide bonds. The van der Waals surface area contributed by atoms with Crippen LogP contribution in [0.3, 0.4) is 0 Å². The second-order valence-electron chi connectivity index (χ2n) is 10.0. The molecule has 0 aliphatic carbocycles. The third-order valence-corrected chi connectivity index (χ3v) is 8.65. The Morgan fingerprint density at radius 1 is 1.12 bits per heavy atom. The van der Waals surface area contributed by atoms with E-state index in [9.17, 15) is 18.4 Å². The fourth-order valence-corrected chi connectivity index (χ4v) is 6.58. The summed E-state index contributed by atoms with van der Waals surface area (Å²) in [7, 11) is 3.36. The zero-order chi connectivity index (χ0) is 28.8. The molecular weight excluding hydrogens is 566 g/mol. The zero-order valence-electron chi connectivity index (χ0n) is 22.3. The second kappa shape index (κ2) is 10.8. The molecule has 1 saturated heterocycles. The van der Waals surface area contributed by atoms with Crippen molar-refractivity contribution < 1.29 is 22.8 Å². The van der Waals surface area contributed by atoms with Gasteiger partial charge in [0.15, 0.2) is 5.01 Å². The molecule has 41 heavy (non-hydrogen) atoms. The second-order valence-corrected chi connectivity index (χ2v) is 11.7. The van der Waals surface area contributed by atoms with Crippen LogP contribution in [-0.2, 0) is 0 Å². The normalized spacial score (nSPS) is 15.4. The van der Waals surface area contributed by atoms with Crippen LogP contribution < -0.4 is 9.62 Å². The summed E-state index contributed by atoms with van der Waals surface area (Å²) < 4.78 is 35.8. The van der Waals surface area contributed by atoms with E-state index in [4.69, 9.17) is 4.42 Å². The molecule has 2 aromatic heterocycles. The number of carbonyl (C=O) groups is 2. The van der Waals surface area contributed by atoms with Crippen molar-refractivity contribution in [2.75, 3.05) is 31.5 Å².